The predicted molar refractivity (Wildman–Crippen MR) is 61.6 cm³/mol. The van der Waals surface area contributed by atoms with Crippen molar-refractivity contribution in [2.24, 2.45) is 0 Å². The molecule has 0 aliphatic carbocycles. The molecular weight excluding hydrogens is 285 g/mol. The first kappa shape index (κ1) is 16.6. The smallest absolute Gasteiger partial charge is 0.411 e. The minimum Gasteiger partial charge on any atom is -0.497 e. The van der Waals surface area contributed by atoms with E-state index in [9.17, 15) is 22.0 Å². The van der Waals surface area contributed by atoms with Crippen LogP contribution in [0.1, 0.15) is 11.6 Å². The molecule has 0 fully saturated rings. The van der Waals surface area contributed by atoms with E-state index >= 15 is 0 Å². The van der Waals surface area contributed by atoms with Gasteiger partial charge in [-0.3, -0.25) is 0 Å². The van der Waals surface area contributed by atoms with Crippen molar-refractivity contribution in [1.82, 2.24) is 5.32 Å². The number of halogens is 5. The Hall–Kier alpha value is -1.41. The number of likely N-dealkylation sites (N-methyl/N-ethyl adjacent to an activating group) is 1. The summed E-state index contributed by atoms with van der Waals surface area (Å²) in [6.07, 6.45) is -4.49. The summed E-state index contributed by atoms with van der Waals surface area (Å²) in [6, 6.07) is 0.863. The van der Waals surface area contributed by atoms with Gasteiger partial charge in [0.2, 0.25) is 0 Å². The highest BCUT2D eigenvalue weighted by molar-refractivity contribution is 5.32. The maximum absolute atomic E-state index is 13.8. The van der Waals surface area contributed by atoms with Crippen LogP contribution in [0, 0.1) is 11.6 Å². The van der Waals surface area contributed by atoms with Crippen molar-refractivity contribution in [3.05, 3.63) is 29.3 Å². The zero-order valence-electron chi connectivity index (χ0n) is 10.9. The van der Waals surface area contributed by atoms with E-state index in [0.717, 1.165) is 12.1 Å². The second-order valence-corrected chi connectivity index (χ2v) is 3.98. The van der Waals surface area contributed by atoms with Crippen LogP contribution in [0.2, 0.25) is 0 Å². The van der Waals surface area contributed by atoms with Gasteiger partial charge in [0.15, 0.2) is 0 Å². The molecule has 0 radical (unpaired) electrons. The van der Waals surface area contributed by atoms with Crippen LogP contribution < -0.4 is 10.1 Å². The van der Waals surface area contributed by atoms with Gasteiger partial charge in [0.1, 0.15) is 24.0 Å². The monoisotopic (exact) mass is 299 g/mol. The zero-order valence-corrected chi connectivity index (χ0v) is 10.9. The molecule has 20 heavy (non-hydrogen) atoms. The number of hydrogen-bond acceptors (Lipinski definition) is 3. The molecule has 1 atom stereocenters. The number of benzene rings is 1. The van der Waals surface area contributed by atoms with Crippen LogP contribution in [-0.2, 0) is 4.74 Å². The van der Waals surface area contributed by atoms with Gasteiger partial charge in [0, 0.05) is 17.7 Å². The molecule has 1 N–H and O–H groups in total. The highest BCUT2D eigenvalue weighted by Gasteiger charge is 2.29. The number of nitrogens with one attached hydrogen (secondary N) is 1. The third kappa shape index (κ3) is 4.61. The van der Waals surface area contributed by atoms with Gasteiger partial charge in [-0.05, 0) is 7.05 Å². The average Bonchev–Trinajstić information content (AvgIpc) is 2.34. The second-order valence-electron chi connectivity index (χ2n) is 3.98. The summed E-state index contributed by atoms with van der Waals surface area (Å²) in [5.41, 5.74) is -0.393. The minimum atomic E-state index is -4.49. The van der Waals surface area contributed by atoms with Crippen LogP contribution in [0.5, 0.6) is 5.75 Å². The Kier molecular flexibility index (Phi) is 5.70. The summed E-state index contributed by atoms with van der Waals surface area (Å²) < 4.78 is 72.5. The fourth-order valence-corrected chi connectivity index (χ4v) is 1.62. The number of methoxy groups -OCH3 is 1. The molecule has 1 aromatic rings. The lowest BCUT2D eigenvalue weighted by Crippen LogP contribution is -2.27. The number of hydrogen-bond donors (Lipinski definition) is 1. The van der Waals surface area contributed by atoms with Gasteiger partial charge in [-0.25, -0.2) is 8.78 Å². The molecule has 0 aliphatic rings. The van der Waals surface area contributed by atoms with Crippen LogP contribution >= 0.6 is 0 Å². The van der Waals surface area contributed by atoms with Crippen LogP contribution in [0.3, 0.4) is 0 Å². The molecule has 1 aromatic carbocycles. The molecule has 0 saturated carbocycles. The molecule has 0 saturated heterocycles. The molecule has 0 bridgehead atoms. The Bertz CT molecular complexity index is 427. The lowest BCUT2D eigenvalue weighted by molar-refractivity contribution is -0.175. The molecule has 0 aliphatic heterocycles. The van der Waals surface area contributed by atoms with Crippen molar-refractivity contribution >= 4 is 0 Å². The van der Waals surface area contributed by atoms with E-state index in [4.69, 9.17) is 0 Å². The van der Waals surface area contributed by atoms with Crippen molar-refractivity contribution in [2.75, 3.05) is 27.4 Å². The highest BCUT2D eigenvalue weighted by atomic mass is 19.4. The van der Waals surface area contributed by atoms with Crippen molar-refractivity contribution in [2.45, 2.75) is 12.2 Å². The zero-order chi connectivity index (χ0) is 15.3. The Morgan fingerprint density at radius 3 is 2.15 bits per heavy atom. The van der Waals surface area contributed by atoms with E-state index in [1.807, 2.05) is 0 Å². The van der Waals surface area contributed by atoms with E-state index < -0.39 is 42.6 Å². The van der Waals surface area contributed by atoms with E-state index in [1.165, 1.54) is 14.2 Å². The third-order valence-corrected chi connectivity index (χ3v) is 2.54. The molecule has 0 spiro atoms. The van der Waals surface area contributed by atoms with Crippen molar-refractivity contribution < 1.29 is 31.4 Å². The van der Waals surface area contributed by atoms with Gasteiger partial charge in [-0.2, -0.15) is 13.2 Å². The third-order valence-electron chi connectivity index (χ3n) is 2.54. The number of ether oxygens (including phenoxy) is 2. The molecule has 0 heterocycles. The minimum absolute atomic E-state index is 0.0187. The molecular formula is C12H14F5NO2. The number of rotatable bonds is 6. The summed E-state index contributed by atoms with van der Waals surface area (Å²) in [5.74, 6) is -1.86. The Balaban J connectivity index is 2.85. The largest absolute Gasteiger partial charge is 0.497 e. The van der Waals surface area contributed by atoms with Crippen molar-refractivity contribution in [3.8, 4) is 5.75 Å². The quantitative estimate of drug-likeness (QED) is 0.819. The summed E-state index contributed by atoms with van der Waals surface area (Å²) in [7, 11) is 2.61. The van der Waals surface area contributed by atoms with Gasteiger partial charge in [0.05, 0.1) is 19.8 Å². The SMILES string of the molecule is CNC(COCC(F)(F)F)c1c(F)cc(OC)cc1F. The van der Waals surface area contributed by atoms with Crippen LogP contribution in [-0.4, -0.2) is 33.5 Å². The predicted octanol–water partition coefficient (Wildman–Crippen LogP) is 2.81. The van der Waals surface area contributed by atoms with E-state index in [1.54, 1.807) is 0 Å². The average molecular weight is 299 g/mol. The maximum Gasteiger partial charge on any atom is 0.411 e. The molecule has 0 amide bonds. The van der Waals surface area contributed by atoms with Crippen molar-refractivity contribution in [3.63, 3.8) is 0 Å². The first-order valence-electron chi connectivity index (χ1n) is 5.63. The van der Waals surface area contributed by atoms with E-state index in [-0.39, 0.29) is 5.75 Å². The van der Waals surface area contributed by atoms with Gasteiger partial charge in [-0.1, -0.05) is 0 Å². The van der Waals surface area contributed by atoms with Gasteiger partial charge < -0.3 is 14.8 Å². The molecule has 0 aromatic heterocycles. The summed E-state index contributed by atoms with van der Waals surface area (Å²) >= 11 is 0. The Morgan fingerprint density at radius 2 is 1.75 bits per heavy atom. The van der Waals surface area contributed by atoms with Crippen LogP contribution in [0.15, 0.2) is 12.1 Å². The van der Waals surface area contributed by atoms with Crippen LogP contribution in [0.4, 0.5) is 22.0 Å². The first-order chi connectivity index (χ1) is 9.28. The number of alkyl halides is 3. The molecule has 1 unspecified atom stereocenters. The van der Waals surface area contributed by atoms with E-state index in [0.29, 0.717) is 0 Å². The van der Waals surface area contributed by atoms with E-state index in [2.05, 4.69) is 14.8 Å². The lowest BCUT2D eigenvalue weighted by Gasteiger charge is -2.19. The fraction of sp³-hybridized carbons (Fsp3) is 0.500. The molecule has 114 valence electrons. The Morgan fingerprint density at radius 1 is 1.20 bits per heavy atom. The summed E-state index contributed by atoms with van der Waals surface area (Å²) in [4.78, 5) is 0. The molecule has 1 rings (SSSR count). The second kappa shape index (κ2) is 6.85. The van der Waals surface area contributed by atoms with Crippen molar-refractivity contribution in [1.29, 1.82) is 0 Å². The summed E-state index contributed by atoms with van der Waals surface area (Å²) in [6.45, 7) is -2.00. The lowest BCUT2D eigenvalue weighted by atomic mass is 10.1. The highest BCUT2D eigenvalue weighted by Crippen LogP contribution is 2.26. The van der Waals surface area contributed by atoms with Gasteiger partial charge >= 0.3 is 6.18 Å². The first-order valence-corrected chi connectivity index (χ1v) is 5.63. The standard InChI is InChI=1S/C12H14F5NO2/c1-18-10(5-20-6-12(15,16)17)11-8(13)3-7(19-2)4-9(11)14/h3-4,10,18H,5-6H2,1-2H3. The maximum atomic E-state index is 13.8. The van der Waals surface area contributed by atoms with Gasteiger partial charge in [0.25, 0.3) is 0 Å². The molecule has 3 nitrogen and oxygen atoms in total. The normalized spacial score (nSPS) is 13.3. The summed E-state index contributed by atoms with van der Waals surface area (Å²) in [5, 5.41) is 2.51. The molecule has 8 heteroatoms. The van der Waals surface area contributed by atoms with Gasteiger partial charge in [-0.15, -0.1) is 0 Å². The topological polar surface area (TPSA) is 30.5 Å². The Labute approximate surface area is 112 Å². The fourth-order valence-electron chi connectivity index (χ4n) is 1.62. The van der Waals surface area contributed by atoms with Crippen LogP contribution in [0.25, 0.3) is 0 Å².